The highest BCUT2D eigenvalue weighted by atomic mass is 16.5. The Morgan fingerprint density at radius 2 is 2.07 bits per heavy atom. The highest BCUT2D eigenvalue weighted by Crippen LogP contribution is 2.30. The number of nitrogen functional groups attached to an aromatic ring is 1. The molecule has 0 amide bonds. The summed E-state index contributed by atoms with van der Waals surface area (Å²) >= 11 is 0. The number of nitrogens with two attached hydrogens (primary N) is 1. The van der Waals surface area contributed by atoms with Gasteiger partial charge in [-0.15, -0.1) is 0 Å². The topological polar surface area (TPSA) is 108 Å². The third-order valence-electron chi connectivity index (χ3n) is 4.67. The van der Waals surface area contributed by atoms with Gasteiger partial charge in [0.25, 0.3) is 0 Å². The Labute approximate surface area is 162 Å². The summed E-state index contributed by atoms with van der Waals surface area (Å²) in [6, 6.07) is 4.08. The second-order valence-electron chi connectivity index (χ2n) is 6.62. The molecule has 3 N–H and O–H groups in total. The number of fused-ring (bicyclic) bond motifs is 1. The molecule has 0 unspecified atom stereocenters. The fourth-order valence-electron chi connectivity index (χ4n) is 3.22. The summed E-state index contributed by atoms with van der Waals surface area (Å²) in [7, 11) is 1.71. The zero-order valence-electron chi connectivity index (χ0n) is 16.0. The minimum absolute atomic E-state index is 0.283. The molecular weight excluding hydrogens is 354 g/mol. The van der Waals surface area contributed by atoms with Crippen LogP contribution < -0.4 is 5.73 Å². The number of anilines is 1. The van der Waals surface area contributed by atoms with Gasteiger partial charge in [-0.3, -0.25) is 4.68 Å². The van der Waals surface area contributed by atoms with E-state index >= 15 is 0 Å². The van der Waals surface area contributed by atoms with Crippen LogP contribution in [0.4, 0.5) is 5.95 Å². The third-order valence-corrected chi connectivity index (χ3v) is 4.67. The minimum Gasteiger partial charge on any atom is -0.385 e. The first-order valence-electron chi connectivity index (χ1n) is 9.30. The highest BCUT2D eigenvalue weighted by Gasteiger charge is 2.12. The van der Waals surface area contributed by atoms with Gasteiger partial charge in [0.05, 0.1) is 11.9 Å². The molecule has 4 aromatic rings. The summed E-state index contributed by atoms with van der Waals surface area (Å²) in [4.78, 5) is 16.5. The first-order valence-corrected chi connectivity index (χ1v) is 9.30. The van der Waals surface area contributed by atoms with Crippen LogP contribution in [-0.2, 0) is 17.7 Å². The van der Waals surface area contributed by atoms with Crippen LogP contribution in [0.5, 0.6) is 0 Å². The van der Waals surface area contributed by atoms with E-state index in [1.54, 1.807) is 7.11 Å². The SMILES string of the molecule is CCc1cc(-c2c[nH]c3ncc(-c4cnn(CCCOC)c4)cc23)nc(N)n1. The van der Waals surface area contributed by atoms with E-state index in [4.69, 9.17) is 10.5 Å². The Hall–Kier alpha value is -3.26. The summed E-state index contributed by atoms with van der Waals surface area (Å²) in [5.41, 5.74) is 11.4. The molecule has 8 nitrogen and oxygen atoms in total. The van der Waals surface area contributed by atoms with E-state index < -0.39 is 0 Å². The number of nitrogens with one attached hydrogen (secondary N) is 1. The zero-order chi connectivity index (χ0) is 19.5. The minimum atomic E-state index is 0.283. The van der Waals surface area contributed by atoms with Crippen molar-refractivity contribution in [2.75, 3.05) is 19.5 Å². The summed E-state index contributed by atoms with van der Waals surface area (Å²) < 4.78 is 7.03. The Morgan fingerprint density at radius 1 is 1.18 bits per heavy atom. The maximum absolute atomic E-state index is 5.89. The number of hydrogen-bond acceptors (Lipinski definition) is 6. The third kappa shape index (κ3) is 3.59. The molecule has 4 rings (SSSR count). The molecule has 144 valence electrons. The van der Waals surface area contributed by atoms with Crippen LogP contribution in [0.1, 0.15) is 19.0 Å². The summed E-state index contributed by atoms with van der Waals surface area (Å²) in [6.45, 7) is 3.58. The van der Waals surface area contributed by atoms with Gasteiger partial charge >= 0.3 is 0 Å². The molecule has 4 heterocycles. The quantitative estimate of drug-likeness (QED) is 0.479. The van der Waals surface area contributed by atoms with Gasteiger partial charge in [0.1, 0.15) is 5.65 Å². The van der Waals surface area contributed by atoms with E-state index in [9.17, 15) is 0 Å². The largest absolute Gasteiger partial charge is 0.385 e. The van der Waals surface area contributed by atoms with Gasteiger partial charge in [-0.25, -0.2) is 15.0 Å². The molecule has 0 fully saturated rings. The fraction of sp³-hybridized carbons (Fsp3) is 0.300. The van der Waals surface area contributed by atoms with Crippen molar-refractivity contribution in [2.24, 2.45) is 0 Å². The second-order valence-corrected chi connectivity index (χ2v) is 6.62. The standard InChI is InChI=1S/C20H23N7O/c1-3-15-8-18(26-20(21)25-15)17-11-23-19-16(17)7-13(9-22-19)14-10-24-27(12-14)5-4-6-28-2/h7-12H,3-6H2,1-2H3,(H,22,23)(H2,21,25,26). The van der Waals surface area contributed by atoms with Crippen LogP contribution in [-0.4, -0.2) is 43.4 Å². The maximum Gasteiger partial charge on any atom is 0.220 e. The molecule has 0 aliphatic carbocycles. The molecule has 0 aliphatic heterocycles. The molecule has 0 aliphatic rings. The van der Waals surface area contributed by atoms with Gasteiger partial charge in [-0.1, -0.05) is 6.92 Å². The number of nitrogens with zero attached hydrogens (tertiary/aromatic N) is 5. The van der Waals surface area contributed by atoms with Gasteiger partial charge in [-0.2, -0.15) is 5.10 Å². The molecule has 8 heteroatoms. The molecule has 0 spiro atoms. The lowest BCUT2D eigenvalue weighted by Gasteiger charge is -2.04. The van der Waals surface area contributed by atoms with Gasteiger partial charge in [0.15, 0.2) is 0 Å². The van der Waals surface area contributed by atoms with E-state index in [2.05, 4.69) is 31.1 Å². The molecule has 4 aromatic heterocycles. The predicted octanol–water partition coefficient (Wildman–Crippen LogP) is 3.06. The van der Waals surface area contributed by atoms with Crippen molar-refractivity contribution in [2.45, 2.75) is 26.3 Å². The molecule has 0 aromatic carbocycles. The summed E-state index contributed by atoms with van der Waals surface area (Å²) in [5.74, 6) is 0.283. The normalized spacial score (nSPS) is 11.4. The van der Waals surface area contributed by atoms with Gasteiger partial charge in [0, 0.05) is 66.6 Å². The summed E-state index contributed by atoms with van der Waals surface area (Å²) in [6.07, 6.45) is 9.38. The molecule has 0 atom stereocenters. The van der Waals surface area contributed by atoms with E-state index in [1.807, 2.05) is 42.5 Å². The number of ether oxygens (including phenoxy) is 1. The fourth-order valence-corrected chi connectivity index (χ4v) is 3.22. The average molecular weight is 377 g/mol. The van der Waals surface area contributed by atoms with Crippen molar-refractivity contribution in [3.05, 3.63) is 42.6 Å². The number of aromatic amines is 1. The predicted molar refractivity (Wildman–Crippen MR) is 109 cm³/mol. The number of methoxy groups -OCH3 is 1. The lowest BCUT2D eigenvalue weighted by Crippen LogP contribution is -2.01. The van der Waals surface area contributed by atoms with Crippen LogP contribution in [0.25, 0.3) is 33.4 Å². The second kappa shape index (κ2) is 7.77. The summed E-state index contributed by atoms with van der Waals surface area (Å²) in [5, 5.41) is 5.43. The first kappa shape index (κ1) is 18.1. The van der Waals surface area contributed by atoms with Gasteiger partial charge in [-0.05, 0) is 25.0 Å². The van der Waals surface area contributed by atoms with Crippen LogP contribution >= 0.6 is 0 Å². The van der Waals surface area contributed by atoms with E-state index in [-0.39, 0.29) is 5.95 Å². The number of rotatable bonds is 7. The molecule has 28 heavy (non-hydrogen) atoms. The number of aryl methyl sites for hydroxylation is 2. The Balaban J connectivity index is 1.70. The Kier molecular flexibility index (Phi) is 5.03. The molecule has 0 saturated heterocycles. The van der Waals surface area contributed by atoms with E-state index in [0.29, 0.717) is 0 Å². The zero-order valence-corrected chi connectivity index (χ0v) is 16.0. The Morgan fingerprint density at radius 3 is 2.89 bits per heavy atom. The van der Waals surface area contributed by atoms with Gasteiger partial charge in [0.2, 0.25) is 5.95 Å². The van der Waals surface area contributed by atoms with Crippen LogP contribution in [0.15, 0.2) is 36.9 Å². The first-order chi connectivity index (χ1) is 13.7. The maximum atomic E-state index is 5.89. The Bertz CT molecular complexity index is 1100. The van der Waals surface area contributed by atoms with Crippen LogP contribution in [0.2, 0.25) is 0 Å². The van der Waals surface area contributed by atoms with Gasteiger partial charge < -0.3 is 15.5 Å². The van der Waals surface area contributed by atoms with Crippen molar-refractivity contribution in [1.29, 1.82) is 0 Å². The molecule has 0 bridgehead atoms. The molecule has 0 radical (unpaired) electrons. The van der Waals surface area contributed by atoms with Crippen molar-refractivity contribution in [3.8, 4) is 22.4 Å². The van der Waals surface area contributed by atoms with Crippen LogP contribution in [0, 0.1) is 0 Å². The number of H-pyrrole nitrogens is 1. The monoisotopic (exact) mass is 377 g/mol. The van der Waals surface area contributed by atoms with Crippen molar-refractivity contribution in [3.63, 3.8) is 0 Å². The average Bonchev–Trinajstić information content (AvgIpc) is 3.34. The molecule has 0 saturated carbocycles. The smallest absolute Gasteiger partial charge is 0.220 e. The van der Waals surface area contributed by atoms with E-state index in [1.165, 1.54) is 0 Å². The number of hydrogen-bond donors (Lipinski definition) is 2. The lowest BCUT2D eigenvalue weighted by molar-refractivity contribution is 0.189. The highest BCUT2D eigenvalue weighted by molar-refractivity contribution is 5.95. The van der Waals surface area contributed by atoms with Crippen molar-refractivity contribution >= 4 is 17.0 Å². The van der Waals surface area contributed by atoms with Crippen LogP contribution in [0.3, 0.4) is 0 Å². The molecular formula is C20H23N7O. The number of aromatic nitrogens is 6. The van der Waals surface area contributed by atoms with Crippen molar-refractivity contribution in [1.82, 2.24) is 29.7 Å². The lowest BCUT2D eigenvalue weighted by atomic mass is 10.1. The van der Waals surface area contributed by atoms with Crippen molar-refractivity contribution < 1.29 is 4.74 Å². The number of pyridine rings is 1. The van der Waals surface area contributed by atoms with E-state index in [0.717, 1.165) is 65.1 Å².